The molecule has 0 atom stereocenters. The molecule has 0 aliphatic rings. The molecule has 0 unspecified atom stereocenters. The summed E-state index contributed by atoms with van der Waals surface area (Å²) < 4.78 is 2.27. The molecule has 2 aromatic rings. The average Bonchev–Trinajstić information content (AvgIpc) is 2.38. The first-order valence-corrected chi connectivity index (χ1v) is 9.19. The molecule has 0 heterocycles. The fourth-order valence-electron chi connectivity index (χ4n) is 1.89. The van der Waals surface area contributed by atoms with Crippen LogP contribution < -0.4 is 0 Å². The third-order valence-corrected chi connectivity index (χ3v) is 5.40. The van der Waals surface area contributed by atoms with E-state index in [1.807, 2.05) is 0 Å². The van der Waals surface area contributed by atoms with E-state index in [9.17, 15) is 0 Å². The van der Waals surface area contributed by atoms with Gasteiger partial charge in [-0.25, -0.2) is 0 Å². The van der Waals surface area contributed by atoms with E-state index in [4.69, 9.17) is 0 Å². The molecule has 0 nitrogen and oxygen atoms in total. The van der Waals surface area contributed by atoms with E-state index in [-0.39, 0.29) is 0 Å². The normalized spacial score (nSPS) is 10.7. The quantitative estimate of drug-likeness (QED) is 0.416. The Hall–Kier alpha value is 0.360. The van der Waals surface area contributed by atoms with Crippen molar-refractivity contribution in [3.05, 3.63) is 56.5 Å². The Balaban J connectivity index is 2.69. The Morgan fingerprint density at radius 3 is 1.39 bits per heavy atom. The van der Waals surface area contributed by atoms with Gasteiger partial charge in [0.05, 0.1) is 0 Å². The number of alkyl halides is 2. The van der Waals surface area contributed by atoms with Crippen molar-refractivity contribution in [3.8, 4) is 11.1 Å². The molecule has 0 N–H and O–H groups in total. The fraction of sp³-hybridized carbons (Fsp3) is 0.143. The van der Waals surface area contributed by atoms with Crippen molar-refractivity contribution in [2.45, 2.75) is 10.7 Å². The average molecular weight is 498 g/mol. The summed E-state index contributed by atoms with van der Waals surface area (Å²) >= 11 is 14.4. The molecule has 0 saturated heterocycles. The molecule has 0 saturated carbocycles. The molecule has 4 heteroatoms. The first-order chi connectivity index (χ1) is 8.69. The molecular formula is C14H10Br4. The van der Waals surface area contributed by atoms with Crippen molar-refractivity contribution in [2.75, 3.05) is 0 Å². The van der Waals surface area contributed by atoms with Gasteiger partial charge >= 0.3 is 0 Å². The SMILES string of the molecule is BrCc1c(Br)cccc1-c1cccc(Br)c1CBr. The van der Waals surface area contributed by atoms with Gasteiger partial charge in [-0.3, -0.25) is 0 Å². The first kappa shape index (κ1) is 14.8. The van der Waals surface area contributed by atoms with Crippen molar-refractivity contribution in [2.24, 2.45) is 0 Å². The van der Waals surface area contributed by atoms with Crippen LogP contribution in [0.5, 0.6) is 0 Å². The van der Waals surface area contributed by atoms with E-state index in [1.54, 1.807) is 0 Å². The van der Waals surface area contributed by atoms with Crippen LogP contribution in [0.15, 0.2) is 45.3 Å². The number of hydrogen-bond acceptors (Lipinski definition) is 0. The molecule has 0 radical (unpaired) electrons. The Labute approximate surface area is 141 Å². The van der Waals surface area contributed by atoms with E-state index >= 15 is 0 Å². The summed E-state index contributed by atoms with van der Waals surface area (Å²) in [5.74, 6) is 0. The Morgan fingerprint density at radius 2 is 1.06 bits per heavy atom. The zero-order valence-corrected chi connectivity index (χ0v) is 15.7. The highest BCUT2D eigenvalue weighted by Crippen LogP contribution is 2.36. The summed E-state index contributed by atoms with van der Waals surface area (Å²) in [6.45, 7) is 0. The topological polar surface area (TPSA) is 0 Å². The molecule has 0 amide bonds. The molecule has 0 aliphatic heterocycles. The Kier molecular flexibility index (Phi) is 5.48. The van der Waals surface area contributed by atoms with Gasteiger partial charge in [0.25, 0.3) is 0 Å². The third kappa shape index (κ3) is 2.92. The van der Waals surface area contributed by atoms with Gasteiger partial charge in [0.15, 0.2) is 0 Å². The molecule has 0 fully saturated rings. The van der Waals surface area contributed by atoms with Crippen molar-refractivity contribution in [1.29, 1.82) is 0 Å². The Bertz CT molecular complexity index is 512. The van der Waals surface area contributed by atoms with Gasteiger partial charge in [-0.15, -0.1) is 0 Å². The van der Waals surface area contributed by atoms with Crippen LogP contribution in [0.25, 0.3) is 11.1 Å². The summed E-state index contributed by atoms with van der Waals surface area (Å²) in [4.78, 5) is 0. The second kappa shape index (κ2) is 6.69. The van der Waals surface area contributed by atoms with Crippen molar-refractivity contribution in [1.82, 2.24) is 0 Å². The highest BCUT2D eigenvalue weighted by atomic mass is 79.9. The minimum atomic E-state index is 0.831. The number of hydrogen-bond donors (Lipinski definition) is 0. The maximum atomic E-state index is 3.62. The third-order valence-electron chi connectivity index (χ3n) is 2.80. The van der Waals surface area contributed by atoms with Gasteiger partial charge in [0.2, 0.25) is 0 Å². The molecule has 94 valence electrons. The lowest BCUT2D eigenvalue weighted by Crippen LogP contribution is -1.93. The Morgan fingerprint density at radius 1 is 0.667 bits per heavy atom. The molecule has 0 spiro atoms. The highest BCUT2D eigenvalue weighted by molar-refractivity contribution is 9.11. The molecular weight excluding hydrogens is 488 g/mol. The lowest BCUT2D eigenvalue weighted by molar-refractivity contribution is 1.34. The molecule has 2 aromatic carbocycles. The first-order valence-electron chi connectivity index (χ1n) is 5.36. The van der Waals surface area contributed by atoms with Crippen LogP contribution in [0.1, 0.15) is 11.1 Å². The van der Waals surface area contributed by atoms with E-state index in [0.29, 0.717) is 0 Å². The second-order valence-electron chi connectivity index (χ2n) is 3.80. The predicted molar refractivity (Wildman–Crippen MR) is 92.5 cm³/mol. The van der Waals surface area contributed by atoms with Gasteiger partial charge in [-0.2, -0.15) is 0 Å². The molecule has 0 aliphatic carbocycles. The van der Waals surface area contributed by atoms with Gasteiger partial charge in [0.1, 0.15) is 0 Å². The van der Waals surface area contributed by atoms with Crippen LogP contribution in [0.4, 0.5) is 0 Å². The zero-order valence-electron chi connectivity index (χ0n) is 9.39. The summed E-state index contributed by atoms with van der Waals surface area (Å²) in [6.07, 6.45) is 0. The second-order valence-corrected chi connectivity index (χ2v) is 6.63. The summed E-state index contributed by atoms with van der Waals surface area (Å²) in [5.41, 5.74) is 5.07. The van der Waals surface area contributed by atoms with E-state index in [2.05, 4.69) is 100 Å². The van der Waals surface area contributed by atoms with Crippen LogP contribution >= 0.6 is 63.7 Å². The molecule has 2 rings (SSSR count). The molecule has 0 aromatic heterocycles. The molecule has 18 heavy (non-hydrogen) atoms. The maximum absolute atomic E-state index is 3.62. The number of rotatable bonds is 3. The van der Waals surface area contributed by atoms with Crippen molar-refractivity contribution in [3.63, 3.8) is 0 Å². The summed E-state index contributed by atoms with van der Waals surface area (Å²) in [6, 6.07) is 12.6. The van der Waals surface area contributed by atoms with Crippen LogP contribution in [0.2, 0.25) is 0 Å². The highest BCUT2D eigenvalue weighted by Gasteiger charge is 2.12. The van der Waals surface area contributed by atoms with Crippen molar-refractivity contribution >= 4 is 63.7 Å². The summed E-state index contributed by atoms with van der Waals surface area (Å²) in [7, 11) is 0. The van der Waals surface area contributed by atoms with Gasteiger partial charge in [-0.1, -0.05) is 88.0 Å². The van der Waals surface area contributed by atoms with Crippen LogP contribution in [0.3, 0.4) is 0 Å². The van der Waals surface area contributed by atoms with E-state index in [1.165, 1.54) is 22.3 Å². The maximum Gasteiger partial charge on any atom is 0.0300 e. The van der Waals surface area contributed by atoms with Crippen LogP contribution in [0, 0.1) is 0 Å². The van der Waals surface area contributed by atoms with E-state index in [0.717, 1.165) is 19.6 Å². The van der Waals surface area contributed by atoms with Gasteiger partial charge < -0.3 is 0 Å². The molecule has 0 bridgehead atoms. The van der Waals surface area contributed by atoms with Crippen LogP contribution in [-0.4, -0.2) is 0 Å². The minimum Gasteiger partial charge on any atom is -0.0876 e. The lowest BCUT2D eigenvalue weighted by atomic mass is 9.97. The van der Waals surface area contributed by atoms with Crippen LogP contribution in [-0.2, 0) is 10.7 Å². The standard InChI is InChI=1S/C14H10Br4/c15-7-11-9(3-1-5-13(11)17)10-4-2-6-14(18)12(10)8-16/h1-6H,7-8H2. The van der Waals surface area contributed by atoms with Gasteiger partial charge in [0, 0.05) is 19.6 Å². The minimum absolute atomic E-state index is 0.831. The van der Waals surface area contributed by atoms with Gasteiger partial charge in [-0.05, 0) is 34.4 Å². The largest absolute Gasteiger partial charge is 0.0876 e. The summed E-state index contributed by atoms with van der Waals surface area (Å²) in [5, 5.41) is 1.66. The fourth-order valence-corrected chi connectivity index (χ4v) is 4.87. The predicted octanol–water partition coefficient (Wildman–Crippen LogP) is 6.67. The van der Waals surface area contributed by atoms with E-state index < -0.39 is 0 Å². The lowest BCUT2D eigenvalue weighted by Gasteiger charge is -2.14. The zero-order chi connectivity index (χ0) is 13.1. The number of halogens is 4. The smallest absolute Gasteiger partial charge is 0.0300 e. The van der Waals surface area contributed by atoms with Crippen molar-refractivity contribution < 1.29 is 0 Å². The number of benzene rings is 2. The monoisotopic (exact) mass is 494 g/mol.